The molecule has 23 heavy (non-hydrogen) atoms. The van der Waals surface area contributed by atoms with Gasteiger partial charge in [0.05, 0.1) is 7.11 Å². The predicted molar refractivity (Wildman–Crippen MR) is 88.9 cm³/mol. The maximum absolute atomic E-state index is 11.5. The first-order valence-electron chi connectivity index (χ1n) is 7.81. The van der Waals surface area contributed by atoms with Crippen molar-refractivity contribution in [1.82, 2.24) is 14.8 Å². The molecule has 1 aromatic carbocycles. The Hall–Kier alpha value is -2.40. The Morgan fingerprint density at radius 3 is 2.61 bits per heavy atom. The smallest absolute Gasteiger partial charge is 0.409 e. The summed E-state index contributed by atoms with van der Waals surface area (Å²) in [5, 5.41) is 0. The van der Waals surface area contributed by atoms with Crippen LogP contribution in [0.25, 0.3) is 11.1 Å². The number of piperazine rings is 1. The molecule has 1 aliphatic rings. The summed E-state index contributed by atoms with van der Waals surface area (Å²) >= 11 is 0. The van der Waals surface area contributed by atoms with Crippen LogP contribution in [0.2, 0.25) is 0 Å². The zero-order chi connectivity index (χ0) is 16.1. The molecule has 0 N–H and O–H groups in total. The van der Waals surface area contributed by atoms with Crippen LogP contribution in [0.4, 0.5) is 4.79 Å². The zero-order valence-corrected chi connectivity index (χ0v) is 13.3. The van der Waals surface area contributed by atoms with Crippen molar-refractivity contribution in [2.45, 2.75) is 6.54 Å². The molecule has 120 valence electrons. The van der Waals surface area contributed by atoms with Gasteiger partial charge in [-0.05, 0) is 17.2 Å². The molecular formula is C18H21N3O2. The van der Waals surface area contributed by atoms with Crippen LogP contribution < -0.4 is 0 Å². The summed E-state index contributed by atoms with van der Waals surface area (Å²) < 4.78 is 4.78. The zero-order valence-electron chi connectivity index (χ0n) is 13.3. The molecule has 5 heteroatoms. The van der Waals surface area contributed by atoms with Crippen molar-refractivity contribution < 1.29 is 9.53 Å². The first kappa shape index (κ1) is 15.5. The van der Waals surface area contributed by atoms with Gasteiger partial charge in [-0.25, -0.2) is 4.79 Å². The second kappa shape index (κ2) is 7.24. The molecule has 0 unspecified atom stereocenters. The number of carbonyl (C=O) groups excluding carboxylic acids is 1. The lowest BCUT2D eigenvalue weighted by molar-refractivity contribution is 0.0889. The van der Waals surface area contributed by atoms with E-state index in [2.05, 4.69) is 40.2 Å². The summed E-state index contributed by atoms with van der Waals surface area (Å²) in [6, 6.07) is 12.5. The molecule has 0 radical (unpaired) electrons. The Labute approximate surface area is 136 Å². The van der Waals surface area contributed by atoms with Crippen molar-refractivity contribution in [1.29, 1.82) is 0 Å². The van der Waals surface area contributed by atoms with Crippen LogP contribution in [0.15, 0.2) is 48.8 Å². The van der Waals surface area contributed by atoms with E-state index in [1.54, 1.807) is 11.1 Å². The number of nitrogens with zero attached hydrogens (tertiary/aromatic N) is 3. The number of ether oxygens (including phenoxy) is 1. The minimum atomic E-state index is -0.236. The molecule has 2 heterocycles. The molecule has 1 aromatic heterocycles. The fourth-order valence-corrected chi connectivity index (χ4v) is 2.92. The first-order valence-corrected chi connectivity index (χ1v) is 7.81. The number of methoxy groups -OCH3 is 1. The van der Waals surface area contributed by atoms with Crippen LogP contribution in [0.1, 0.15) is 5.56 Å². The summed E-state index contributed by atoms with van der Waals surface area (Å²) in [5.41, 5.74) is 3.64. The molecule has 1 aliphatic heterocycles. The Morgan fingerprint density at radius 1 is 1.13 bits per heavy atom. The van der Waals surface area contributed by atoms with Gasteiger partial charge in [-0.2, -0.15) is 0 Å². The Kier molecular flexibility index (Phi) is 4.88. The average Bonchev–Trinajstić information content (AvgIpc) is 2.63. The predicted octanol–water partition coefficient (Wildman–Crippen LogP) is 2.63. The highest BCUT2D eigenvalue weighted by molar-refractivity contribution is 5.67. The standard InChI is InChI=1S/C18H21N3O2/c1-23-18(22)21-11-9-20(10-12-21)14-16-5-2-3-7-17(16)15-6-4-8-19-13-15/h2-8,13H,9-12,14H2,1H3. The lowest BCUT2D eigenvalue weighted by Crippen LogP contribution is -2.48. The third-order valence-corrected chi connectivity index (χ3v) is 4.19. The second-order valence-corrected chi connectivity index (χ2v) is 5.63. The van der Waals surface area contributed by atoms with E-state index < -0.39 is 0 Å². The van der Waals surface area contributed by atoms with E-state index >= 15 is 0 Å². The Bertz CT molecular complexity index is 652. The van der Waals surface area contributed by atoms with Gasteiger partial charge in [-0.15, -0.1) is 0 Å². The molecule has 5 nitrogen and oxygen atoms in total. The van der Waals surface area contributed by atoms with E-state index in [0.29, 0.717) is 13.1 Å². The minimum absolute atomic E-state index is 0.236. The largest absolute Gasteiger partial charge is 0.453 e. The van der Waals surface area contributed by atoms with Gasteiger partial charge in [0.15, 0.2) is 0 Å². The lowest BCUT2D eigenvalue weighted by Gasteiger charge is -2.34. The molecule has 0 spiro atoms. The van der Waals surface area contributed by atoms with Crippen LogP contribution in [-0.4, -0.2) is 54.2 Å². The van der Waals surface area contributed by atoms with Gasteiger partial charge in [0.2, 0.25) is 0 Å². The van der Waals surface area contributed by atoms with Gasteiger partial charge in [0, 0.05) is 50.7 Å². The number of hydrogen-bond acceptors (Lipinski definition) is 4. The van der Waals surface area contributed by atoms with Crippen LogP contribution in [0, 0.1) is 0 Å². The number of rotatable bonds is 3. The highest BCUT2D eigenvalue weighted by Gasteiger charge is 2.21. The molecule has 1 amide bonds. The molecule has 0 atom stereocenters. The fourth-order valence-electron chi connectivity index (χ4n) is 2.92. The third kappa shape index (κ3) is 3.68. The fraction of sp³-hybridized carbons (Fsp3) is 0.333. The second-order valence-electron chi connectivity index (χ2n) is 5.63. The van der Waals surface area contributed by atoms with E-state index in [-0.39, 0.29) is 6.09 Å². The topological polar surface area (TPSA) is 45.7 Å². The average molecular weight is 311 g/mol. The van der Waals surface area contributed by atoms with E-state index in [1.165, 1.54) is 18.2 Å². The van der Waals surface area contributed by atoms with Crippen molar-refractivity contribution in [2.24, 2.45) is 0 Å². The van der Waals surface area contributed by atoms with Gasteiger partial charge < -0.3 is 9.64 Å². The molecule has 1 saturated heterocycles. The van der Waals surface area contributed by atoms with Crippen LogP contribution in [0.5, 0.6) is 0 Å². The molecule has 0 bridgehead atoms. The van der Waals surface area contributed by atoms with Gasteiger partial charge in [-0.1, -0.05) is 30.3 Å². The van der Waals surface area contributed by atoms with Crippen LogP contribution in [-0.2, 0) is 11.3 Å². The van der Waals surface area contributed by atoms with E-state index in [1.807, 2.05) is 12.3 Å². The van der Waals surface area contributed by atoms with Crippen LogP contribution >= 0.6 is 0 Å². The van der Waals surface area contributed by atoms with Crippen molar-refractivity contribution in [3.8, 4) is 11.1 Å². The Morgan fingerprint density at radius 2 is 1.91 bits per heavy atom. The van der Waals surface area contributed by atoms with Gasteiger partial charge >= 0.3 is 6.09 Å². The highest BCUT2D eigenvalue weighted by Crippen LogP contribution is 2.24. The molecular weight excluding hydrogens is 290 g/mol. The molecule has 1 fully saturated rings. The number of carbonyl (C=O) groups is 1. The van der Waals surface area contributed by atoms with E-state index in [0.717, 1.165) is 25.2 Å². The number of amides is 1. The van der Waals surface area contributed by atoms with E-state index in [9.17, 15) is 4.79 Å². The van der Waals surface area contributed by atoms with Gasteiger partial charge in [0.1, 0.15) is 0 Å². The molecule has 0 saturated carbocycles. The van der Waals surface area contributed by atoms with Crippen molar-refractivity contribution >= 4 is 6.09 Å². The summed E-state index contributed by atoms with van der Waals surface area (Å²) in [4.78, 5) is 19.9. The van der Waals surface area contributed by atoms with Crippen molar-refractivity contribution in [3.05, 3.63) is 54.4 Å². The quantitative estimate of drug-likeness (QED) is 0.874. The number of benzene rings is 1. The maximum atomic E-state index is 11.5. The summed E-state index contributed by atoms with van der Waals surface area (Å²) in [6.07, 6.45) is 3.45. The third-order valence-electron chi connectivity index (χ3n) is 4.19. The lowest BCUT2D eigenvalue weighted by atomic mass is 10.0. The van der Waals surface area contributed by atoms with E-state index in [4.69, 9.17) is 4.74 Å². The van der Waals surface area contributed by atoms with Crippen LogP contribution in [0.3, 0.4) is 0 Å². The highest BCUT2D eigenvalue weighted by atomic mass is 16.5. The number of pyridine rings is 1. The minimum Gasteiger partial charge on any atom is -0.453 e. The van der Waals surface area contributed by atoms with Crippen molar-refractivity contribution in [2.75, 3.05) is 33.3 Å². The summed E-state index contributed by atoms with van der Waals surface area (Å²) in [6.45, 7) is 4.01. The SMILES string of the molecule is COC(=O)N1CCN(Cc2ccccc2-c2cccnc2)CC1. The normalized spacial score (nSPS) is 15.4. The molecule has 0 aliphatic carbocycles. The molecule has 2 aromatic rings. The maximum Gasteiger partial charge on any atom is 0.409 e. The van der Waals surface area contributed by atoms with Crippen molar-refractivity contribution in [3.63, 3.8) is 0 Å². The summed E-state index contributed by atoms with van der Waals surface area (Å²) in [5.74, 6) is 0. The number of aromatic nitrogens is 1. The Balaban J connectivity index is 1.69. The number of hydrogen-bond donors (Lipinski definition) is 0. The van der Waals surface area contributed by atoms with Gasteiger partial charge in [0.25, 0.3) is 0 Å². The monoisotopic (exact) mass is 311 g/mol. The molecule has 3 rings (SSSR count). The summed E-state index contributed by atoms with van der Waals surface area (Å²) in [7, 11) is 1.43. The van der Waals surface area contributed by atoms with Gasteiger partial charge in [-0.3, -0.25) is 9.88 Å². The first-order chi connectivity index (χ1) is 11.3.